The van der Waals surface area contributed by atoms with E-state index in [2.05, 4.69) is 0 Å². The third kappa shape index (κ3) is 5.84. The molecule has 0 aromatic heterocycles. The fraction of sp³-hybridized carbons (Fsp3) is 0.400. The standard InChI is InChI=1S/C15H19FO4/c1-18-9-3-4-10-20-15(17)8-6-12-5-7-14(19-2)13(16)11-12/h5-8,11H,3-4,9-10H2,1-2H3. The summed E-state index contributed by atoms with van der Waals surface area (Å²) in [5.41, 5.74) is 0.569. The van der Waals surface area contributed by atoms with Crippen LogP contribution in [0.2, 0.25) is 0 Å². The highest BCUT2D eigenvalue weighted by molar-refractivity contribution is 5.87. The number of benzene rings is 1. The predicted octanol–water partition coefficient (Wildman–Crippen LogP) is 2.82. The number of methoxy groups -OCH3 is 2. The molecule has 1 rings (SSSR count). The molecule has 0 atom stereocenters. The van der Waals surface area contributed by atoms with Gasteiger partial charge in [-0.15, -0.1) is 0 Å². The van der Waals surface area contributed by atoms with Crippen LogP contribution in [0.3, 0.4) is 0 Å². The van der Waals surface area contributed by atoms with Crippen molar-refractivity contribution in [1.82, 2.24) is 0 Å². The lowest BCUT2D eigenvalue weighted by Gasteiger charge is -2.03. The summed E-state index contributed by atoms with van der Waals surface area (Å²) in [6, 6.07) is 4.45. The van der Waals surface area contributed by atoms with Gasteiger partial charge in [0.2, 0.25) is 0 Å². The van der Waals surface area contributed by atoms with Crippen LogP contribution in [0.5, 0.6) is 5.75 Å². The van der Waals surface area contributed by atoms with Crippen molar-refractivity contribution in [3.8, 4) is 5.75 Å². The van der Waals surface area contributed by atoms with Gasteiger partial charge in [-0.25, -0.2) is 9.18 Å². The van der Waals surface area contributed by atoms with E-state index in [9.17, 15) is 9.18 Å². The summed E-state index contributed by atoms with van der Waals surface area (Å²) >= 11 is 0. The molecule has 0 amide bonds. The Labute approximate surface area is 118 Å². The van der Waals surface area contributed by atoms with Crippen LogP contribution in [-0.4, -0.2) is 33.4 Å². The monoisotopic (exact) mass is 282 g/mol. The van der Waals surface area contributed by atoms with Crippen LogP contribution in [0.4, 0.5) is 4.39 Å². The van der Waals surface area contributed by atoms with Gasteiger partial charge in [-0.1, -0.05) is 6.07 Å². The Morgan fingerprint density at radius 2 is 2.00 bits per heavy atom. The zero-order valence-corrected chi connectivity index (χ0v) is 11.7. The molecule has 0 radical (unpaired) electrons. The number of carbonyl (C=O) groups is 1. The number of carbonyl (C=O) groups excluding carboxylic acids is 1. The molecule has 5 heteroatoms. The summed E-state index contributed by atoms with van der Waals surface area (Å²) in [5, 5.41) is 0. The van der Waals surface area contributed by atoms with Gasteiger partial charge in [-0.3, -0.25) is 0 Å². The van der Waals surface area contributed by atoms with Gasteiger partial charge in [0, 0.05) is 19.8 Å². The molecule has 4 nitrogen and oxygen atoms in total. The molecule has 0 N–H and O–H groups in total. The fourth-order valence-corrected chi connectivity index (χ4v) is 1.52. The number of rotatable bonds is 8. The summed E-state index contributed by atoms with van der Waals surface area (Å²) in [5.74, 6) is -0.746. The highest BCUT2D eigenvalue weighted by atomic mass is 19.1. The molecule has 20 heavy (non-hydrogen) atoms. The molecule has 0 aliphatic carbocycles. The van der Waals surface area contributed by atoms with E-state index in [0.717, 1.165) is 12.8 Å². The van der Waals surface area contributed by atoms with Crippen LogP contribution in [0.15, 0.2) is 24.3 Å². The lowest BCUT2D eigenvalue weighted by molar-refractivity contribution is -0.137. The molecule has 1 aromatic carbocycles. The molecular weight excluding hydrogens is 263 g/mol. The summed E-state index contributed by atoms with van der Waals surface area (Å²) in [6.45, 7) is 1.00. The number of hydrogen-bond acceptors (Lipinski definition) is 4. The molecule has 0 aliphatic rings. The Kier molecular flexibility index (Phi) is 7.35. The smallest absolute Gasteiger partial charge is 0.330 e. The molecule has 110 valence electrons. The molecule has 1 aromatic rings. The van der Waals surface area contributed by atoms with E-state index in [1.165, 1.54) is 31.4 Å². The Morgan fingerprint density at radius 1 is 1.25 bits per heavy atom. The van der Waals surface area contributed by atoms with Crippen LogP contribution >= 0.6 is 0 Å². The molecule has 0 saturated carbocycles. The number of hydrogen-bond donors (Lipinski definition) is 0. The summed E-state index contributed by atoms with van der Waals surface area (Å²) in [6.07, 6.45) is 4.37. The molecule has 0 spiro atoms. The van der Waals surface area contributed by atoms with Gasteiger partial charge in [-0.2, -0.15) is 0 Å². The van der Waals surface area contributed by atoms with Crippen molar-refractivity contribution in [2.24, 2.45) is 0 Å². The van der Waals surface area contributed by atoms with E-state index >= 15 is 0 Å². The normalized spacial score (nSPS) is 10.8. The van der Waals surface area contributed by atoms with Crippen LogP contribution in [0.25, 0.3) is 6.08 Å². The van der Waals surface area contributed by atoms with Crippen molar-refractivity contribution in [2.45, 2.75) is 12.8 Å². The first-order valence-corrected chi connectivity index (χ1v) is 6.34. The van der Waals surface area contributed by atoms with E-state index in [-0.39, 0.29) is 5.75 Å². The number of halogens is 1. The SMILES string of the molecule is COCCCCOC(=O)C=Cc1ccc(OC)c(F)c1. The van der Waals surface area contributed by atoms with Gasteiger partial charge in [0.05, 0.1) is 13.7 Å². The fourth-order valence-electron chi connectivity index (χ4n) is 1.52. The van der Waals surface area contributed by atoms with Crippen LogP contribution in [0.1, 0.15) is 18.4 Å². The minimum Gasteiger partial charge on any atom is -0.494 e. The summed E-state index contributed by atoms with van der Waals surface area (Å²) < 4.78 is 28.1. The van der Waals surface area contributed by atoms with Crippen molar-refractivity contribution in [2.75, 3.05) is 27.4 Å². The van der Waals surface area contributed by atoms with Gasteiger partial charge in [0.25, 0.3) is 0 Å². The average Bonchev–Trinajstić information content (AvgIpc) is 2.45. The Balaban J connectivity index is 2.39. The van der Waals surface area contributed by atoms with Gasteiger partial charge < -0.3 is 14.2 Å². The second-order valence-electron chi connectivity index (χ2n) is 4.09. The van der Waals surface area contributed by atoms with Crippen molar-refractivity contribution in [3.63, 3.8) is 0 Å². The number of esters is 1. The van der Waals surface area contributed by atoms with Gasteiger partial charge in [-0.05, 0) is 36.6 Å². The van der Waals surface area contributed by atoms with Crippen LogP contribution in [0, 0.1) is 5.82 Å². The maximum atomic E-state index is 13.4. The van der Waals surface area contributed by atoms with E-state index in [1.54, 1.807) is 13.2 Å². The molecule has 0 aliphatic heterocycles. The molecule has 0 unspecified atom stereocenters. The maximum Gasteiger partial charge on any atom is 0.330 e. The van der Waals surface area contributed by atoms with E-state index < -0.39 is 11.8 Å². The first-order chi connectivity index (χ1) is 9.67. The first-order valence-electron chi connectivity index (χ1n) is 6.34. The lowest BCUT2D eigenvalue weighted by atomic mass is 10.2. The van der Waals surface area contributed by atoms with Gasteiger partial charge in [0.15, 0.2) is 11.6 Å². The summed E-state index contributed by atoms with van der Waals surface area (Å²) in [4.78, 5) is 11.4. The van der Waals surface area contributed by atoms with Crippen molar-refractivity contribution in [3.05, 3.63) is 35.7 Å². The third-order valence-electron chi connectivity index (χ3n) is 2.57. The second kappa shape index (κ2) is 9.09. The van der Waals surface area contributed by atoms with Gasteiger partial charge >= 0.3 is 5.97 Å². The largest absolute Gasteiger partial charge is 0.494 e. The van der Waals surface area contributed by atoms with Crippen molar-refractivity contribution < 1.29 is 23.4 Å². The quantitative estimate of drug-likeness (QED) is 0.418. The van der Waals surface area contributed by atoms with E-state index in [4.69, 9.17) is 14.2 Å². The third-order valence-corrected chi connectivity index (χ3v) is 2.57. The minimum absolute atomic E-state index is 0.169. The highest BCUT2D eigenvalue weighted by Gasteiger charge is 2.02. The molecule has 0 fully saturated rings. The molecule has 0 heterocycles. The maximum absolute atomic E-state index is 13.4. The summed E-state index contributed by atoms with van der Waals surface area (Å²) in [7, 11) is 3.03. The number of unbranched alkanes of at least 4 members (excludes halogenated alkanes) is 1. The average molecular weight is 282 g/mol. The zero-order chi connectivity index (χ0) is 14.8. The molecule has 0 bridgehead atoms. The Bertz CT molecular complexity index is 457. The lowest BCUT2D eigenvalue weighted by Crippen LogP contribution is -2.03. The molecular formula is C15H19FO4. The van der Waals surface area contributed by atoms with Crippen molar-refractivity contribution >= 4 is 12.0 Å². The molecule has 0 saturated heterocycles. The van der Waals surface area contributed by atoms with Crippen LogP contribution in [-0.2, 0) is 14.3 Å². The Morgan fingerprint density at radius 3 is 2.65 bits per heavy atom. The van der Waals surface area contributed by atoms with E-state index in [1.807, 2.05) is 0 Å². The van der Waals surface area contributed by atoms with Gasteiger partial charge in [0.1, 0.15) is 0 Å². The topological polar surface area (TPSA) is 44.8 Å². The van der Waals surface area contributed by atoms with Crippen LogP contribution < -0.4 is 4.74 Å². The number of ether oxygens (including phenoxy) is 3. The Hall–Kier alpha value is -1.88. The first kappa shape index (κ1) is 16.2. The second-order valence-corrected chi connectivity index (χ2v) is 4.09. The minimum atomic E-state index is -0.470. The highest BCUT2D eigenvalue weighted by Crippen LogP contribution is 2.18. The van der Waals surface area contributed by atoms with Crippen molar-refractivity contribution in [1.29, 1.82) is 0 Å². The van der Waals surface area contributed by atoms with E-state index in [0.29, 0.717) is 18.8 Å². The zero-order valence-electron chi connectivity index (χ0n) is 11.7. The predicted molar refractivity (Wildman–Crippen MR) is 74.1 cm³/mol.